The van der Waals surface area contributed by atoms with Crippen LogP contribution in [0, 0.1) is 23.7 Å². The number of carboxylic acid groups (broad SMARTS) is 2. The SMILES string of the molecule is O=C(OC(=O)C1C2C=CC(c3ccccc3)(O2)C1C(=O)O)C1C2C=CC(c3ccccc3)(O2)C1C(=O)O. The van der Waals surface area contributed by atoms with Crippen LogP contribution in [-0.2, 0) is 44.6 Å². The third-order valence-electron chi connectivity index (χ3n) is 7.81. The third-order valence-corrected chi connectivity index (χ3v) is 7.81. The summed E-state index contributed by atoms with van der Waals surface area (Å²) in [5, 5.41) is 20.1. The molecule has 4 aliphatic heterocycles. The number of hydrogen-bond acceptors (Lipinski definition) is 7. The van der Waals surface area contributed by atoms with Crippen molar-refractivity contribution in [1.82, 2.24) is 0 Å². The van der Waals surface area contributed by atoms with Crippen molar-refractivity contribution >= 4 is 23.9 Å². The fourth-order valence-corrected chi connectivity index (χ4v) is 6.27. The average Bonchev–Trinajstić information content (AvgIpc) is 3.67. The number of ether oxygens (including phenoxy) is 3. The van der Waals surface area contributed by atoms with Gasteiger partial charge in [0, 0.05) is 0 Å². The lowest BCUT2D eigenvalue weighted by atomic mass is 9.71. The molecule has 2 aromatic carbocycles. The molecule has 9 nitrogen and oxygen atoms in total. The molecule has 0 amide bonds. The van der Waals surface area contributed by atoms with Crippen LogP contribution in [0.3, 0.4) is 0 Å². The highest BCUT2D eigenvalue weighted by Gasteiger charge is 2.66. The van der Waals surface area contributed by atoms with Gasteiger partial charge in [-0.1, -0.05) is 72.8 Å². The standard InChI is InChI=1S/C28H22O9/c29-23(30)21-19(17-11-13-27(21,36-17)15-7-3-1-4-8-15)25(33)35-26(34)20-18-12-14-28(37-18,22(20)24(31)32)16-9-5-2-6-10-16/h1-14,17-22H,(H,29,30)(H,31,32). The van der Waals surface area contributed by atoms with Crippen LogP contribution in [0.25, 0.3) is 0 Å². The molecule has 0 spiro atoms. The molecule has 0 radical (unpaired) electrons. The summed E-state index contributed by atoms with van der Waals surface area (Å²) in [6.45, 7) is 0. The second kappa shape index (κ2) is 8.22. The molecule has 4 aliphatic rings. The van der Waals surface area contributed by atoms with Gasteiger partial charge in [-0.05, 0) is 23.3 Å². The van der Waals surface area contributed by atoms with Crippen LogP contribution in [-0.4, -0.2) is 46.3 Å². The van der Waals surface area contributed by atoms with Gasteiger partial charge in [0.25, 0.3) is 0 Å². The van der Waals surface area contributed by atoms with E-state index in [-0.39, 0.29) is 0 Å². The van der Waals surface area contributed by atoms with Crippen LogP contribution < -0.4 is 0 Å². The number of aliphatic carboxylic acids is 2. The van der Waals surface area contributed by atoms with Crippen molar-refractivity contribution in [3.63, 3.8) is 0 Å². The molecule has 2 saturated heterocycles. The van der Waals surface area contributed by atoms with Crippen molar-refractivity contribution in [3.8, 4) is 0 Å². The summed E-state index contributed by atoms with van der Waals surface area (Å²) >= 11 is 0. The monoisotopic (exact) mass is 502 g/mol. The second-order valence-electron chi connectivity index (χ2n) is 9.62. The summed E-state index contributed by atoms with van der Waals surface area (Å²) < 4.78 is 17.2. The van der Waals surface area contributed by atoms with Crippen LogP contribution in [0.2, 0.25) is 0 Å². The molecule has 8 atom stereocenters. The molecule has 2 N–H and O–H groups in total. The number of carbonyl (C=O) groups excluding carboxylic acids is 2. The number of esters is 2. The summed E-state index contributed by atoms with van der Waals surface area (Å²) in [5.74, 6) is -9.98. The van der Waals surface area contributed by atoms with E-state index in [1.54, 1.807) is 85.0 Å². The van der Waals surface area contributed by atoms with E-state index < -0.39 is 71.0 Å². The van der Waals surface area contributed by atoms with E-state index >= 15 is 0 Å². The smallest absolute Gasteiger partial charge is 0.320 e. The summed E-state index contributed by atoms with van der Waals surface area (Å²) in [4.78, 5) is 51.3. The highest BCUT2D eigenvalue weighted by atomic mass is 16.6. The average molecular weight is 502 g/mol. The quantitative estimate of drug-likeness (QED) is 0.347. The first kappa shape index (κ1) is 23.3. The molecule has 2 fully saturated rings. The van der Waals surface area contributed by atoms with Crippen molar-refractivity contribution in [1.29, 1.82) is 0 Å². The minimum atomic E-state index is -1.39. The maximum absolute atomic E-state index is 13.3. The molecule has 9 heteroatoms. The fourth-order valence-electron chi connectivity index (χ4n) is 6.27. The van der Waals surface area contributed by atoms with Crippen molar-refractivity contribution in [3.05, 3.63) is 96.1 Å². The number of benzene rings is 2. The molecule has 6 rings (SSSR count). The van der Waals surface area contributed by atoms with Crippen LogP contribution in [0.5, 0.6) is 0 Å². The highest BCUT2D eigenvalue weighted by Crippen LogP contribution is 2.55. The zero-order valence-electron chi connectivity index (χ0n) is 19.3. The molecule has 8 unspecified atom stereocenters. The van der Waals surface area contributed by atoms with Gasteiger partial charge in [0.1, 0.15) is 34.9 Å². The first-order valence-corrected chi connectivity index (χ1v) is 11.8. The lowest BCUT2D eigenvalue weighted by Crippen LogP contribution is -2.45. The van der Waals surface area contributed by atoms with Gasteiger partial charge in [0.15, 0.2) is 0 Å². The molecule has 4 heterocycles. The fraction of sp³-hybridized carbons (Fsp3) is 0.286. The van der Waals surface area contributed by atoms with Crippen LogP contribution in [0.1, 0.15) is 11.1 Å². The van der Waals surface area contributed by atoms with E-state index in [4.69, 9.17) is 14.2 Å². The molecule has 2 aromatic rings. The van der Waals surface area contributed by atoms with Crippen molar-refractivity contribution in [2.75, 3.05) is 0 Å². The Morgan fingerprint density at radius 2 is 1.03 bits per heavy atom. The van der Waals surface area contributed by atoms with E-state index in [0.717, 1.165) is 0 Å². The number of carbonyl (C=O) groups is 4. The Balaban J connectivity index is 1.28. The summed E-state index contributed by atoms with van der Waals surface area (Å²) in [7, 11) is 0. The second-order valence-corrected chi connectivity index (χ2v) is 9.62. The first-order valence-electron chi connectivity index (χ1n) is 11.8. The number of fused-ring (bicyclic) bond motifs is 4. The van der Waals surface area contributed by atoms with Gasteiger partial charge in [0.2, 0.25) is 0 Å². The summed E-state index contributed by atoms with van der Waals surface area (Å²) in [6, 6.07) is 17.3. The van der Waals surface area contributed by atoms with Crippen LogP contribution in [0.15, 0.2) is 85.0 Å². The van der Waals surface area contributed by atoms with Gasteiger partial charge >= 0.3 is 23.9 Å². The lowest BCUT2D eigenvalue weighted by Gasteiger charge is -2.31. The van der Waals surface area contributed by atoms with Gasteiger partial charge in [-0.15, -0.1) is 0 Å². The Bertz CT molecular complexity index is 1250. The maximum Gasteiger partial charge on any atom is 0.320 e. The molecule has 37 heavy (non-hydrogen) atoms. The Kier molecular flexibility index (Phi) is 5.18. The molecular formula is C28H22O9. The zero-order chi connectivity index (χ0) is 25.9. The molecule has 0 aliphatic carbocycles. The van der Waals surface area contributed by atoms with Crippen molar-refractivity contribution in [2.45, 2.75) is 23.4 Å². The highest BCUT2D eigenvalue weighted by molar-refractivity contribution is 5.94. The van der Waals surface area contributed by atoms with Gasteiger partial charge < -0.3 is 24.4 Å². The van der Waals surface area contributed by atoms with Crippen molar-refractivity contribution < 1.29 is 43.6 Å². The minimum Gasteiger partial charge on any atom is -0.481 e. The maximum atomic E-state index is 13.3. The molecule has 4 bridgehead atoms. The third kappa shape index (κ3) is 3.24. The summed E-state index contributed by atoms with van der Waals surface area (Å²) in [5.41, 5.74) is -1.65. The van der Waals surface area contributed by atoms with Crippen LogP contribution >= 0.6 is 0 Å². The van der Waals surface area contributed by atoms with E-state index in [1.807, 2.05) is 0 Å². The topological polar surface area (TPSA) is 136 Å². The van der Waals surface area contributed by atoms with E-state index in [1.165, 1.54) is 0 Å². The van der Waals surface area contributed by atoms with Gasteiger partial charge in [-0.25, -0.2) is 0 Å². The summed E-state index contributed by atoms with van der Waals surface area (Å²) in [6.07, 6.45) is 4.60. The predicted octanol–water partition coefficient (Wildman–Crippen LogP) is 2.42. The Labute approximate surface area is 211 Å². The predicted molar refractivity (Wildman–Crippen MR) is 125 cm³/mol. The van der Waals surface area contributed by atoms with E-state index in [9.17, 15) is 29.4 Å². The molecule has 0 saturated carbocycles. The Hall–Kier alpha value is -4.08. The Morgan fingerprint density at radius 1 is 0.649 bits per heavy atom. The van der Waals surface area contributed by atoms with E-state index in [0.29, 0.717) is 11.1 Å². The molecule has 0 aromatic heterocycles. The number of hydrogen-bond donors (Lipinski definition) is 2. The normalized spacial score (nSPS) is 36.5. The van der Waals surface area contributed by atoms with Gasteiger partial charge in [-0.2, -0.15) is 0 Å². The van der Waals surface area contributed by atoms with E-state index in [2.05, 4.69) is 0 Å². The number of rotatable bonds is 6. The van der Waals surface area contributed by atoms with Gasteiger partial charge in [0.05, 0.1) is 12.2 Å². The first-order chi connectivity index (χ1) is 17.8. The molecule has 188 valence electrons. The largest absolute Gasteiger partial charge is 0.481 e. The Morgan fingerprint density at radius 3 is 1.38 bits per heavy atom. The van der Waals surface area contributed by atoms with Gasteiger partial charge in [-0.3, -0.25) is 19.2 Å². The van der Waals surface area contributed by atoms with Crippen molar-refractivity contribution in [2.24, 2.45) is 23.7 Å². The lowest BCUT2D eigenvalue weighted by molar-refractivity contribution is -0.172. The molecular weight excluding hydrogens is 480 g/mol. The zero-order valence-corrected chi connectivity index (χ0v) is 19.3. The number of carboxylic acids is 2. The minimum absolute atomic E-state index is 0.560. The van der Waals surface area contributed by atoms with Crippen LogP contribution in [0.4, 0.5) is 0 Å².